The fourth-order valence-electron chi connectivity index (χ4n) is 2.86. The summed E-state index contributed by atoms with van der Waals surface area (Å²) in [7, 11) is 3.34. The molecule has 1 saturated carbocycles. The van der Waals surface area contributed by atoms with Crippen LogP contribution in [0.3, 0.4) is 0 Å². The highest BCUT2D eigenvalue weighted by molar-refractivity contribution is 5.42. The fraction of sp³-hybridized carbons (Fsp3) is 0.600. The van der Waals surface area contributed by atoms with E-state index in [9.17, 15) is 0 Å². The lowest BCUT2D eigenvalue weighted by molar-refractivity contribution is 0.381. The molecule has 0 bridgehead atoms. The molecule has 1 aliphatic carbocycles. The van der Waals surface area contributed by atoms with Crippen molar-refractivity contribution in [2.75, 3.05) is 14.2 Å². The average Bonchev–Trinajstić information content (AvgIpc) is 2.90. The molecule has 0 spiro atoms. The zero-order valence-corrected chi connectivity index (χ0v) is 11.3. The Morgan fingerprint density at radius 1 is 1.22 bits per heavy atom. The van der Waals surface area contributed by atoms with E-state index in [2.05, 4.69) is 0 Å². The van der Waals surface area contributed by atoms with Gasteiger partial charge in [0.15, 0.2) is 0 Å². The normalized spacial score (nSPS) is 17.7. The van der Waals surface area contributed by atoms with Crippen LogP contribution in [0.25, 0.3) is 0 Å². The number of methoxy groups -OCH3 is 2. The number of hydrogen-bond acceptors (Lipinski definition) is 3. The van der Waals surface area contributed by atoms with Crippen molar-refractivity contribution in [3.8, 4) is 11.5 Å². The molecule has 2 rings (SSSR count). The quantitative estimate of drug-likeness (QED) is 0.871. The average molecular weight is 249 g/mol. The van der Waals surface area contributed by atoms with Gasteiger partial charge in [-0.1, -0.05) is 31.7 Å². The minimum absolute atomic E-state index is 0.0638. The smallest absolute Gasteiger partial charge is 0.127 e. The van der Waals surface area contributed by atoms with Crippen LogP contribution in [0.15, 0.2) is 18.2 Å². The third-order valence-electron chi connectivity index (χ3n) is 3.90. The van der Waals surface area contributed by atoms with Crippen LogP contribution in [0.5, 0.6) is 11.5 Å². The van der Waals surface area contributed by atoms with E-state index in [0.717, 1.165) is 29.4 Å². The standard InChI is InChI=1S/C15H23NO2/c1-17-12-7-8-13(15(10-12)18-2)14(16)9-11-5-3-4-6-11/h7-8,10-11,14H,3-6,9,16H2,1-2H3. The van der Waals surface area contributed by atoms with Crippen molar-refractivity contribution < 1.29 is 9.47 Å². The maximum atomic E-state index is 6.32. The molecule has 1 fully saturated rings. The van der Waals surface area contributed by atoms with Crippen molar-refractivity contribution in [3.63, 3.8) is 0 Å². The second-order valence-electron chi connectivity index (χ2n) is 5.10. The molecule has 0 aromatic heterocycles. The van der Waals surface area contributed by atoms with Gasteiger partial charge in [0.05, 0.1) is 14.2 Å². The summed E-state index contributed by atoms with van der Waals surface area (Å²) in [6.45, 7) is 0. The van der Waals surface area contributed by atoms with E-state index in [4.69, 9.17) is 15.2 Å². The summed E-state index contributed by atoms with van der Waals surface area (Å²) in [5.41, 5.74) is 7.41. The Balaban J connectivity index is 2.10. The number of rotatable bonds is 5. The van der Waals surface area contributed by atoms with Gasteiger partial charge in [0.25, 0.3) is 0 Å². The van der Waals surface area contributed by atoms with Crippen LogP contribution in [0.1, 0.15) is 43.7 Å². The minimum Gasteiger partial charge on any atom is -0.497 e. The van der Waals surface area contributed by atoms with Crippen LogP contribution in [-0.4, -0.2) is 14.2 Å². The Bertz CT molecular complexity index is 386. The number of benzene rings is 1. The van der Waals surface area contributed by atoms with E-state index in [1.165, 1.54) is 25.7 Å². The third-order valence-corrected chi connectivity index (χ3v) is 3.90. The van der Waals surface area contributed by atoms with Crippen molar-refractivity contribution in [1.29, 1.82) is 0 Å². The van der Waals surface area contributed by atoms with E-state index in [1.807, 2.05) is 18.2 Å². The molecular weight excluding hydrogens is 226 g/mol. The van der Waals surface area contributed by atoms with Gasteiger partial charge in [-0.15, -0.1) is 0 Å². The van der Waals surface area contributed by atoms with Gasteiger partial charge in [-0.2, -0.15) is 0 Å². The molecule has 0 saturated heterocycles. The number of nitrogens with two attached hydrogens (primary N) is 1. The second-order valence-corrected chi connectivity index (χ2v) is 5.10. The first-order valence-electron chi connectivity index (χ1n) is 6.72. The zero-order chi connectivity index (χ0) is 13.0. The van der Waals surface area contributed by atoms with Gasteiger partial charge in [-0.3, -0.25) is 0 Å². The molecule has 18 heavy (non-hydrogen) atoms. The SMILES string of the molecule is COc1ccc(C(N)CC2CCCC2)c(OC)c1. The molecule has 1 atom stereocenters. The van der Waals surface area contributed by atoms with Crippen LogP contribution in [0, 0.1) is 5.92 Å². The summed E-state index contributed by atoms with van der Waals surface area (Å²) in [6.07, 6.45) is 6.43. The first-order valence-corrected chi connectivity index (χ1v) is 6.72. The molecule has 0 amide bonds. The van der Waals surface area contributed by atoms with Crippen LogP contribution >= 0.6 is 0 Å². The summed E-state index contributed by atoms with van der Waals surface area (Å²) in [5.74, 6) is 2.43. The molecule has 100 valence electrons. The Morgan fingerprint density at radius 3 is 2.56 bits per heavy atom. The van der Waals surface area contributed by atoms with Gasteiger partial charge in [-0.25, -0.2) is 0 Å². The van der Waals surface area contributed by atoms with Gasteiger partial charge in [0.1, 0.15) is 11.5 Å². The lowest BCUT2D eigenvalue weighted by Gasteiger charge is -2.19. The fourth-order valence-corrected chi connectivity index (χ4v) is 2.86. The third kappa shape index (κ3) is 2.96. The number of hydrogen-bond donors (Lipinski definition) is 1. The van der Waals surface area contributed by atoms with E-state index in [1.54, 1.807) is 14.2 Å². The summed E-state index contributed by atoms with van der Waals surface area (Å²) >= 11 is 0. The Kier molecular flexibility index (Phi) is 4.48. The van der Waals surface area contributed by atoms with E-state index >= 15 is 0 Å². The minimum atomic E-state index is 0.0638. The first-order chi connectivity index (χ1) is 8.74. The van der Waals surface area contributed by atoms with Crippen molar-refractivity contribution >= 4 is 0 Å². The monoisotopic (exact) mass is 249 g/mol. The molecule has 1 aromatic rings. The van der Waals surface area contributed by atoms with Crippen LogP contribution in [0.4, 0.5) is 0 Å². The van der Waals surface area contributed by atoms with Gasteiger partial charge in [0.2, 0.25) is 0 Å². The number of ether oxygens (including phenoxy) is 2. The predicted molar refractivity (Wildman–Crippen MR) is 73.0 cm³/mol. The van der Waals surface area contributed by atoms with Crippen LogP contribution < -0.4 is 15.2 Å². The van der Waals surface area contributed by atoms with Crippen molar-refractivity contribution in [2.24, 2.45) is 11.7 Å². The zero-order valence-electron chi connectivity index (χ0n) is 11.3. The molecule has 1 aromatic carbocycles. The van der Waals surface area contributed by atoms with Gasteiger partial charge < -0.3 is 15.2 Å². The molecule has 3 heteroatoms. The summed E-state index contributed by atoms with van der Waals surface area (Å²) in [5, 5.41) is 0. The molecular formula is C15H23NO2. The first kappa shape index (κ1) is 13.2. The highest BCUT2D eigenvalue weighted by Crippen LogP contribution is 2.35. The molecule has 1 unspecified atom stereocenters. The van der Waals surface area contributed by atoms with E-state index in [0.29, 0.717) is 0 Å². The van der Waals surface area contributed by atoms with Crippen molar-refractivity contribution in [1.82, 2.24) is 0 Å². The second kappa shape index (κ2) is 6.10. The van der Waals surface area contributed by atoms with Crippen molar-refractivity contribution in [3.05, 3.63) is 23.8 Å². The van der Waals surface area contributed by atoms with Gasteiger partial charge in [0, 0.05) is 17.7 Å². The molecule has 3 nitrogen and oxygen atoms in total. The lowest BCUT2D eigenvalue weighted by Crippen LogP contribution is -2.15. The lowest BCUT2D eigenvalue weighted by atomic mass is 9.93. The van der Waals surface area contributed by atoms with Crippen LogP contribution in [0.2, 0.25) is 0 Å². The van der Waals surface area contributed by atoms with Crippen LogP contribution in [-0.2, 0) is 0 Å². The highest BCUT2D eigenvalue weighted by Gasteiger charge is 2.21. The highest BCUT2D eigenvalue weighted by atomic mass is 16.5. The van der Waals surface area contributed by atoms with Gasteiger partial charge in [-0.05, 0) is 18.4 Å². The Morgan fingerprint density at radius 2 is 1.94 bits per heavy atom. The van der Waals surface area contributed by atoms with Crippen molar-refractivity contribution in [2.45, 2.75) is 38.1 Å². The maximum absolute atomic E-state index is 6.32. The largest absolute Gasteiger partial charge is 0.497 e. The molecule has 0 aliphatic heterocycles. The summed E-state index contributed by atoms with van der Waals surface area (Å²) < 4.78 is 10.6. The van der Waals surface area contributed by atoms with E-state index in [-0.39, 0.29) is 6.04 Å². The maximum Gasteiger partial charge on any atom is 0.127 e. The van der Waals surface area contributed by atoms with E-state index < -0.39 is 0 Å². The van der Waals surface area contributed by atoms with Gasteiger partial charge >= 0.3 is 0 Å². The summed E-state index contributed by atoms with van der Waals surface area (Å²) in [4.78, 5) is 0. The molecule has 2 N–H and O–H groups in total. The molecule has 1 aliphatic rings. The predicted octanol–water partition coefficient (Wildman–Crippen LogP) is 3.28. The summed E-state index contributed by atoms with van der Waals surface area (Å²) in [6, 6.07) is 5.95. The topological polar surface area (TPSA) is 44.5 Å². The Labute approximate surface area is 109 Å². The molecule has 0 heterocycles. The Hall–Kier alpha value is -1.22. The molecule has 0 radical (unpaired) electrons.